The molecule has 21 heavy (non-hydrogen) atoms. The Hall–Kier alpha value is -2.01. The molecule has 0 aliphatic carbocycles. The average Bonchev–Trinajstić information content (AvgIpc) is 2.45. The van der Waals surface area contributed by atoms with Crippen LogP contribution in [0.1, 0.15) is 24.1 Å². The van der Waals surface area contributed by atoms with Gasteiger partial charge in [0, 0.05) is 12.6 Å². The van der Waals surface area contributed by atoms with Crippen LogP contribution in [0.5, 0.6) is 5.75 Å². The van der Waals surface area contributed by atoms with Crippen LogP contribution in [-0.4, -0.2) is 6.61 Å². The molecule has 5 heteroatoms. The zero-order valence-corrected chi connectivity index (χ0v) is 11.5. The van der Waals surface area contributed by atoms with Crippen molar-refractivity contribution in [3.63, 3.8) is 0 Å². The highest BCUT2D eigenvalue weighted by Gasteiger charge is 2.07. The molecule has 0 amide bonds. The van der Waals surface area contributed by atoms with Crippen LogP contribution in [0.2, 0.25) is 0 Å². The molecular weight excluding hydrogens is 279 g/mol. The predicted molar refractivity (Wildman–Crippen MR) is 74.7 cm³/mol. The molecule has 0 saturated carbocycles. The van der Waals surface area contributed by atoms with Crippen LogP contribution < -0.4 is 10.1 Å². The maximum Gasteiger partial charge on any atom is 0.387 e. The van der Waals surface area contributed by atoms with E-state index < -0.39 is 6.61 Å². The van der Waals surface area contributed by atoms with E-state index in [-0.39, 0.29) is 17.6 Å². The van der Waals surface area contributed by atoms with Crippen LogP contribution in [0.15, 0.2) is 48.5 Å². The first-order chi connectivity index (χ1) is 10.0. The van der Waals surface area contributed by atoms with Crippen molar-refractivity contribution in [3.8, 4) is 5.75 Å². The summed E-state index contributed by atoms with van der Waals surface area (Å²) in [7, 11) is 0. The minimum atomic E-state index is -2.82. The quantitative estimate of drug-likeness (QED) is 0.859. The van der Waals surface area contributed by atoms with E-state index in [0.717, 1.165) is 11.1 Å². The van der Waals surface area contributed by atoms with Crippen LogP contribution in [0.25, 0.3) is 0 Å². The Morgan fingerprint density at radius 1 is 1.10 bits per heavy atom. The van der Waals surface area contributed by atoms with Crippen molar-refractivity contribution in [2.24, 2.45) is 0 Å². The minimum Gasteiger partial charge on any atom is -0.435 e. The van der Waals surface area contributed by atoms with Crippen molar-refractivity contribution >= 4 is 0 Å². The third-order valence-electron chi connectivity index (χ3n) is 3.11. The average molecular weight is 295 g/mol. The van der Waals surface area contributed by atoms with E-state index in [1.54, 1.807) is 18.2 Å². The molecule has 0 spiro atoms. The van der Waals surface area contributed by atoms with Gasteiger partial charge in [0.1, 0.15) is 11.6 Å². The second kappa shape index (κ2) is 7.13. The molecule has 0 bridgehead atoms. The Labute approximate surface area is 121 Å². The Balaban J connectivity index is 1.90. The van der Waals surface area contributed by atoms with Crippen molar-refractivity contribution in [1.82, 2.24) is 5.32 Å². The van der Waals surface area contributed by atoms with Gasteiger partial charge in [0.15, 0.2) is 0 Å². The highest BCUT2D eigenvalue weighted by atomic mass is 19.3. The van der Waals surface area contributed by atoms with E-state index >= 15 is 0 Å². The van der Waals surface area contributed by atoms with Gasteiger partial charge in [0.05, 0.1) is 0 Å². The Bertz CT molecular complexity index is 572. The molecule has 0 saturated heterocycles. The normalized spacial score (nSPS) is 12.4. The number of alkyl halides is 2. The van der Waals surface area contributed by atoms with Crippen molar-refractivity contribution in [1.29, 1.82) is 0 Å². The number of benzene rings is 2. The van der Waals surface area contributed by atoms with Gasteiger partial charge in [0.25, 0.3) is 0 Å². The van der Waals surface area contributed by atoms with Crippen LogP contribution in [0, 0.1) is 5.82 Å². The molecule has 2 aromatic rings. The van der Waals surface area contributed by atoms with Gasteiger partial charge in [-0.1, -0.05) is 24.3 Å². The molecule has 2 rings (SSSR count). The zero-order chi connectivity index (χ0) is 15.2. The van der Waals surface area contributed by atoms with Crippen molar-refractivity contribution in [2.75, 3.05) is 0 Å². The van der Waals surface area contributed by atoms with Crippen molar-refractivity contribution in [3.05, 3.63) is 65.5 Å². The summed E-state index contributed by atoms with van der Waals surface area (Å²) >= 11 is 0. The number of rotatable bonds is 6. The summed E-state index contributed by atoms with van der Waals surface area (Å²) in [5, 5.41) is 3.25. The Kier molecular flexibility index (Phi) is 5.22. The second-order valence-electron chi connectivity index (χ2n) is 4.68. The van der Waals surface area contributed by atoms with E-state index in [1.165, 1.54) is 24.3 Å². The lowest BCUT2D eigenvalue weighted by Crippen LogP contribution is -2.18. The fraction of sp³-hybridized carbons (Fsp3) is 0.250. The van der Waals surface area contributed by atoms with Gasteiger partial charge in [-0.25, -0.2) is 4.39 Å². The first kappa shape index (κ1) is 15.4. The minimum absolute atomic E-state index is 0.0160. The summed E-state index contributed by atoms with van der Waals surface area (Å²) in [5.74, 6) is -0.137. The van der Waals surface area contributed by atoms with E-state index in [1.807, 2.05) is 13.0 Å². The Morgan fingerprint density at radius 3 is 2.43 bits per heavy atom. The monoisotopic (exact) mass is 295 g/mol. The van der Waals surface area contributed by atoms with Gasteiger partial charge in [-0.3, -0.25) is 0 Å². The lowest BCUT2D eigenvalue weighted by atomic mass is 10.1. The third kappa shape index (κ3) is 4.79. The smallest absolute Gasteiger partial charge is 0.387 e. The summed E-state index contributed by atoms with van der Waals surface area (Å²) in [6.45, 7) is -0.336. The molecule has 0 aromatic heterocycles. The maximum absolute atomic E-state index is 13.1. The largest absolute Gasteiger partial charge is 0.435 e. The van der Waals surface area contributed by atoms with E-state index in [4.69, 9.17) is 0 Å². The van der Waals surface area contributed by atoms with Gasteiger partial charge in [-0.2, -0.15) is 8.78 Å². The number of nitrogens with one attached hydrogen (secondary N) is 1. The second-order valence-corrected chi connectivity index (χ2v) is 4.68. The van der Waals surface area contributed by atoms with Gasteiger partial charge in [0.2, 0.25) is 0 Å². The number of ether oxygens (including phenoxy) is 1. The SMILES string of the molecule is C[C@@H](NCc1ccc(OC(F)F)cc1)c1cccc(F)c1. The maximum atomic E-state index is 13.1. The number of halogens is 3. The van der Waals surface area contributed by atoms with Crippen LogP contribution >= 0.6 is 0 Å². The molecule has 2 nitrogen and oxygen atoms in total. The molecule has 0 aliphatic heterocycles. The molecule has 0 radical (unpaired) electrons. The summed E-state index contributed by atoms with van der Waals surface area (Å²) in [5.41, 5.74) is 1.78. The molecule has 2 aromatic carbocycles. The lowest BCUT2D eigenvalue weighted by molar-refractivity contribution is -0.0498. The van der Waals surface area contributed by atoms with Gasteiger partial charge in [-0.15, -0.1) is 0 Å². The summed E-state index contributed by atoms with van der Waals surface area (Å²) in [6, 6.07) is 12.8. The Morgan fingerprint density at radius 2 is 1.81 bits per heavy atom. The van der Waals surface area contributed by atoms with Crippen LogP contribution in [0.4, 0.5) is 13.2 Å². The summed E-state index contributed by atoms with van der Waals surface area (Å²) < 4.78 is 41.5. The molecule has 0 fully saturated rings. The molecule has 112 valence electrons. The van der Waals surface area contributed by atoms with E-state index in [9.17, 15) is 13.2 Å². The van der Waals surface area contributed by atoms with E-state index in [2.05, 4.69) is 10.1 Å². The number of hydrogen-bond donors (Lipinski definition) is 1. The first-order valence-electron chi connectivity index (χ1n) is 6.57. The highest BCUT2D eigenvalue weighted by Crippen LogP contribution is 2.17. The summed E-state index contributed by atoms with van der Waals surface area (Å²) in [4.78, 5) is 0. The highest BCUT2D eigenvalue weighted by molar-refractivity contribution is 5.27. The van der Waals surface area contributed by atoms with Crippen LogP contribution in [0.3, 0.4) is 0 Å². The summed E-state index contributed by atoms with van der Waals surface area (Å²) in [6.07, 6.45) is 0. The van der Waals surface area contributed by atoms with Crippen molar-refractivity contribution in [2.45, 2.75) is 26.1 Å². The molecule has 1 atom stereocenters. The number of hydrogen-bond acceptors (Lipinski definition) is 2. The fourth-order valence-corrected chi connectivity index (χ4v) is 1.95. The molecule has 0 unspecified atom stereocenters. The van der Waals surface area contributed by atoms with Gasteiger partial charge < -0.3 is 10.1 Å². The molecule has 0 heterocycles. The van der Waals surface area contributed by atoms with Crippen LogP contribution in [-0.2, 0) is 6.54 Å². The third-order valence-corrected chi connectivity index (χ3v) is 3.11. The lowest BCUT2D eigenvalue weighted by Gasteiger charge is -2.14. The zero-order valence-electron chi connectivity index (χ0n) is 11.5. The topological polar surface area (TPSA) is 21.3 Å². The molecular formula is C16H16F3NO. The van der Waals surface area contributed by atoms with Crippen molar-refractivity contribution < 1.29 is 17.9 Å². The first-order valence-corrected chi connectivity index (χ1v) is 6.57. The standard InChI is InChI=1S/C16H16F3NO/c1-11(13-3-2-4-14(17)9-13)20-10-12-5-7-15(8-6-12)21-16(18)19/h2-9,11,16,20H,10H2,1H3/t11-/m1/s1. The molecule has 0 aliphatic rings. The predicted octanol–water partition coefficient (Wildman–Crippen LogP) is 4.28. The van der Waals surface area contributed by atoms with Gasteiger partial charge >= 0.3 is 6.61 Å². The fourth-order valence-electron chi connectivity index (χ4n) is 1.95. The molecule has 1 N–H and O–H groups in total. The van der Waals surface area contributed by atoms with E-state index in [0.29, 0.717) is 6.54 Å². The van der Waals surface area contributed by atoms with Gasteiger partial charge in [-0.05, 0) is 42.3 Å².